The molecule has 0 aliphatic carbocycles. The molecule has 2 aromatic rings. The van der Waals surface area contributed by atoms with Gasteiger partial charge in [-0.15, -0.1) is 11.8 Å². The molecule has 1 amide bonds. The molecule has 0 heterocycles. The number of aryl methyl sites for hydroxylation is 3. The van der Waals surface area contributed by atoms with Gasteiger partial charge in [-0.1, -0.05) is 30.3 Å². The van der Waals surface area contributed by atoms with E-state index in [4.69, 9.17) is 0 Å². The first-order chi connectivity index (χ1) is 10.9. The van der Waals surface area contributed by atoms with Crippen molar-refractivity contribution in [1.29, 1.82) is 0 Å². The molecule has 0 radical (unpaired) electrons. The van der Waals surface area contributed by atoms with Crippen LogP contribution >= 0.6 is 11.8 Å². The van der Waals surface area contributed by atoms with E-state index >= 15 is 0 Å². The molecule has 1 N–H and O–H groups in total. The third-order valence-corrected chi connectivity index (χ3v) is 5.24. The number of nitrogens with one attached hydrogen (secondary N) is 1. The van der Waals surface area contributed by atoms with Crippen molar-refractivity contribution >= 4 is 17.7 Å². The van der Waals surface area contributed by atoms with Gasteiger partial charge in [-0.2, -0.15) is 0 Å². The van der Waals surface area contributed by atoms with Crippen LogP contribution in [0.4, 0.5) is 0 Å². The quantitative estimate of drug-likeness (QED) is 0.786. The van der Waals surface area contributed by atoms with Crippen LogP contribution in [0.1, 0.15) is 42.1 Å². The summed E-state index contributed by atoms with van der Waals surface area (Å²) in [5.41, 5.74) is 4.97. The fourth-order valence-electron chi connectivity index (χ4n) is 2.61. The smallest absolute Gasteiger partial charge is 0.233 e. The van der Waals surface area contributed by atoms with Crippen molar-refractivity contribution in [2.24, 2.45) is 0 Å². The summed E-state index contributed by atoms with van der Waals surface area (Å²) in [6.45, 7) is 10.3. The second kappa shape index (κ2) is 7.69. The van der Waals surface area contributed by atoms with Gasteiger partial charge in [0.25, 0.3) is 0 Å². The summed E-state index contributed by atoms with van der Waals surface area (Å²) in [6.07, 6.45) is 0. The molecule has 2 aromatic carbocycles. The van der Waals surface area contributed by atoms with Gasteiger partial charge in [-0.25, -0.2) is 0 Å². The van der Waals surface area contributed by atoms with Crippen LogP contribution in [0.2, 0.25) is 0 Å². The van der Waals surface area contributed by atoms with Gasteiger partial charge in [-0.3, -0.25) is 4.79 Å². The first-order valence-electron chi connectivity index (χ1n) is 7.98. The van der Waals surface area contributed by atoms with E-state index in [1.807, 2.05) is 37.3 Å². The average molecular weight is 327 g/mol. The van der Waals surface area contributed by atoms with Gasteiger partial charge in [-0.05, 0) is 69.0 Å². The van der Waals surface area contributed by atoms with Gasteiger partial charge in [0, 0.05) is 4.90 Å². The molecule has 0 saturated heterocycles. The summed E-state index contributed by atoms with van der Waals surface area (Å²) in [5, 5.41) is 3.03. The van der Waals surface area contributed by atoms with Crippen LogP contribution in [0.5, 0.6) is 0 Å². The fraction of sp³-hybridized carbons (Fsp3) is 0.350. The minimum atomic E-state index is -0.119. The topological polar surface area (TPSA) is 29.1 Å². The molecule has 0 fully saturated rings. The van der Waals surface area contributed by atoms with Gasteiger partial charge >= 0.3 is 0 Å². The SMILES string of the molecule is Cc1cc(C)c([C@H](C)NC(=O)[C@H](C)Sc2ccccc2)cc1C. The molecule has 23 heavy (non-hydrogen) atoms. The summed E-state index contributed by atoms with van der Waals surface area (Å²) in [6, 6.07) is 14.4. The van der Waals surface area contributed by atoms with Gasteiger partial charge in [0.1, 0.15) is 0 Å². The van der Waals surface area contributed by atoms with E-state index in [2.05, 4.69) is 45.1 Å². The van der Waals surface area contributed by atoms with Crippen molar-refractivity contribution in [2.45, 2.75) is 50.8 Å². The molecule has 0 unspecified atom stereocenters. The molecule has 2 nitrogen and oxygen atoms in total. The molecule has 3 heteroatoms. The van der Waals surface area contributed by atoms with Gasteiger partial charge in [0.05, 0.1) is 11.3 Å². The molecule has 0 spiro atoms. The summed E-state index contributed by atoms with van der Waals surface area (Å²) in [7, 11) is 0. The van der Waals surface area contributed by atoms with Crippen molar-refractivity contribution in [3.63, 3.8) is 0 Å². The highest BCUT2D eigenvalue weighted by molar-refractivity contribution is 8.00. The molecule has 0 aliphatic heterocycles. The van der Waals surface area contributed by atoms with E-state index in [1.165, 1.54) is 22.3 Å². The Hall–Kier alpha value is -1.74. The number of hydrogen-bond acceptors (Lipinski definition) is 2. The second-order valence-corrected chi connectivity index (χ2v) is 7.51. The molecule has 0 bridgehead atoms. The maximum atomic E-state index is 12.5. The molecule has 0 aliphatic rings. The van der Waals surface area contributed by atoms with Crippen LogP contribution in [0, 0.1) is 20.8 Å². The zero-order valence-electron chi connectivity index (χ0n) is 14.5. The van der Waals surface area contributed by atoms with E-state index in [-0.39, 0.29) is 17.2 Å². The van der Waals surface area contributed by atoms with Crippen molar-refractivity contribution in [3.05, 3.63) is 64.7 Å². The Morgan fingerprint density at radius 1 is 0.957 bits per heavy atom. The zero-order chi connectivity index (χ0) is 17.0. The monoisotopic (exact) mass is 327 g/mol. The van der Waals surface area contributed by atoms with Crippen LogP contribution < -0.4 is 5.32 Å². The molecule has 0 aromatic heterocycles. The maximum absolute atomic E-state index is 12.5. The number of carbonyl (C=O) groups is 1. The van der Waals surface area contributed by atoms with Crippen molar-refractivity contribution < 1.29 is 4.79 Å². The lowest BCUT2D eigenvalue weighted by molar-refractivity contribution is -0.120. The lowest BCUT2D eigenvalue weighted by Gasteiger charge is -2.20. The fourth-order valence-corrected chi connectivity index (χ4v) is 3.51. The van der Waals surface area contributed by atoms with E-state index in [0.717, 1.165) is 4.90 Å². The van der Waals surface area contributed by atoms with Crippen molar-refractivity contribution in [2.75, 3.05) is 0 Å². The van der Waals surface area contributed by atoms with Crippen LogP contribution in [0.25, 0.3) is 0 Å². The molecule has 2 rings (SSSR count). The summed E-state index contributed by atoms with van der Waals surface area (Å²) >= 11 is 1.59. The van der Waals surface area contributed by atoms with E-state index < -0.39 is 0 Å². The lowest BCUT2D eigenvalue weighted by atomic mass is 9.96. The van der Waals surface area contributed by atoms with E-state index in [9.17, 15) is 4.79 Å². The second-order valence-electron chi connectivity index (χ2n) is 6.10. The molecular formula is C20H25NOS. The summed E-state index contributed by atoms with van der Waals surface area (Å²) in [4.78, 5) is 13.6. The van der Waals surface area contributed by atoms with Gasteiger partial charge in [0.2, 0.25) is 5.91 Å². The number of benzene rings is 2. The third kappa shape index (κ3) is 4.61. The molecular weight excluding hydrogens is 302 g/mol. The lowest BCUT2D eigenvalue weighted by Crippen LogP contribution is -2.33. The highest BCUT2D eigenvalue weighted by Gasteiger charge is 2.18. The van der Waals surface area contributed by atoms with Gasteiger partial charge in [0.15, 0.2) is 0 Å². The minimum absolute atomic E-state index is 0.0145. The van der Waals surface area contributed by atoms with Gasteiger partial charge < -0.3 is 5.32 Å². The zero-order valence-corrected chi connectivity index (χ0v) is 15.3. The Morgan fingerprint density at radius 3 is 2.22 bits per heavy atom. The number of thioether (sulfide) groups is 1. The number of rotatable bonds is 5. The maximum Gasteiger partial charge on any atom is 0.233 e. The molecule has 2 atom stereocenters. The summed E-state index contributed by atoms with van der Waals surface area (Å²) in [5.74, 6) is 0.0731. The standard InChI is InChI=1S/C20H25NOS/c1-13-11-15(3)19(12-14(13)2)16(4)21-20(22)17(5)23-18-9-7-6-8-10-18/h6-12,16-17H,1-5H3,(H,21,22)/t16-,17-/m0/s1. The Morgan fingerprint density at radius 2 is 1.57 bits per heavy atom. The first kappa shape index (κ1) is 17.6. The third-order valence-electron chi connectivity index (χ3n) is 4.13. The number of amides is 1. The van der Waals surface area contributed by atoms with Crippen LogP contribution in [-0.4, -0.2) is 11.2 Å². The largest absolute Gasteiger partial charge is 0.349 e. The Labute approximate surface area is 143 Å². The molecule has 0 saturated carbocycles. The number of hydrogen-bond donors (Lipinski definition) is 1. The molecule has 122 valence electrons. The predicted octanol–water partition coefficient (Wildman–Crippen LogP) is 4.97. The predicted molar refractivity (Wildman–Crippen MR) is 99.0 cm³/mol. The summed E-state index contributed by atoms with van der Waals surface area (Å²) < 4.78 is 0. The Bertz CT molecular complexity index is 682. The normalized spacial score (nSPS) is 13.4. The van der Waals surface area contributed by atoms with Crippen LogP contribution in [-0.2, 0) is 4.79 Å². The highest BCUT2D eigenvalue weighted by Crippen LogP contribution is 2.25. The van der Waals surface area contributed by atoms with Crippen molar-refractivity contribution in [1.82, 2.24) is 5.32 Å². The van der Waals surface area contributed by atoms with Crippen molar-refractivity contribution in [3.8, 4) is 0 Å². The van der Waals surface area contributed by atoms with Crippen LogP contribution in [0.3, 0.4) is 0 Å². The Balaban J connectivity index is 2.03. The Kier molecular flexibility index (Phi) is 5.89. The average Bonchev–Trinajstić information content (AvgIpc) is 2.51. The first-order valence-corrected chi connectivity index (χ1v) is 8.86. The van der Waals surface area contributed by atoms with E-state index in [0.29, 0.717) is 0 Å². The highest BCUT2D eigenvalue weighted by atomic mass is 32.2. The van der Waals surface area contributed by atoms with E-state index in [1.54, 1.807) is 11.8 Å². The minimum Gasteiger partial charge on any atom is -0.349 e. The van der Waals surface area contributed by atoms with Crippen LogP contribution in [0.15, 0.2) is 47.4 Å². The number of carbonyl (C=O) groups excluding carboxylic acids is 1.